The number of anilines is 1. The van der Waals surface area contributed by atoms with E-state index in [2.05, 4.69) is 20.8 Å². The molecule has 2 heterocycles. The molecule has 0 aromatic carbocycles. The van der Waals surface area contributed by atoms with Crippen LogP contribution in [0.15, 0.2) is 23.3 Å². The lowest BCUT2D eigenvalue weighted by atomic mass is 10.1. The minimum Gasteiger partial charge on any atom is -0.477 e. The van der Waals surface area contributed by atoms with Crippen molar-refractivity contribution in [2.24, 2.45) is 5.10 Å². The molecule has 2 rings (SSSR count). The maximum Gasteiger partial charge on any atom is 0.354 e. The molecule has 0 atom stereocenters. The average molecular weight is 262 g/mol. The van der Waals surface area contributed by atoms with Crippen LogP contribution in [0, 0.1) is 0 Å². The van der Waals surface area contributed by atoms with Crippen LogP contribution in [-0.4, -0.2) is 33.6 Å². The first kappa shape index (κ1) is 12.7. The second-order valence-corrected chi connectivity index (χ2v) is 3.76. The number of carboxylic acid groups (broad SMARTS) is 1. The summed E-state index contributed by atoms with van der Waals surface area (Å²) in [5, 5.41) is 14.8. The average Bonchev–Trinajstić information content (AvgIpc) is 2.39. The Kier molecular flexibility index (Phi) is 3.51. The fraction of sp³-hybridized carbons (Fsp3) is 0.182. The van der Waals surface area contributed by atoms with E-state index < -0.39 is 11.9 Å². The minimum absolute atomic E-state index is 0.115. The summed E-state index contributed by atoms with van der Waals surface area (Å²) >= 11 is 0. The van der Waals surface area contributed by atoms with Gasteiger partial charge >= 0.3 is 5.97 Å². The molecule has 98 valence electrons. The lowest BCUT2D eigenvalue weighted by Gasteiger charge is -2.11. The van der Waals surface area contributed by atoms with E-state index in [4.69, 9.17) is 5.11 Å². The molecule has 0 fully saturated rings. The highest BCUT2D eigenvalue weighted by atomic mass is 16.4. The van der Waals surface area contributed by atoms with E-state index in [1.54, 1.807) is 0 Å². The van der Waals surface area contributed by atoms with Gasteiger partial charge < -0.3 is 10.4 Å². The third-order valence-electron chi connectivity index (χ3n) is 2.38. The SMILES string of the molecule is O=C1CCC(C(=O)Nc2cccc(C(=O)O)n2)=NN1. The van der Waals surface area contributed by atoms with Crippen LogP contribution in [-0.2, 0) is 9.59 Å². The normalized spacial score (nSPS) is 14.3. The Labute approximate surface area is 107 Å². The number of rotatable bonds is 3. The van der Waals surface area contributed by atoms with Gasteiger partial charge in [-0.2, -0.15) is 5.10 Å². The summed E-state index contributed by atoms with van der Waals surface area (Å²) in [7, 11) is 0. The van der Waals surface area contributed by atoms with Crippen LogP contribution in [0.4, 0.5) is 5.82 Å². The van der Waals surface area contributed by atoms with Gasteiger partial charge in [-0.1, -0.05) is 6.07 Å². The van der Waals surface area contributed by atoms with Gasteiger partial charge in [0.2, 0.25) is 5.91 Å². The molecule has 2 amide bonds. The molecular weight excluding hydrogens is 252 g/mol. The molecule has 1 aromatic heterocycles. The van der Waals surface area contributed by atoms with Gasteiger partial charge in [0.25, 0.3) is 5.91 Å². The summed E-state index contributed by atoms with van der Waals surface area (Å²) in [5.74, 6) is -1.83. The van der Waals surface area contributed by atoms with Crippen molar-refractivity contribution >= 4 is 29.3 Å². The monoisotopic (exact) mass is 262 g/mol. The van der Waals surface area contributed by atoms with Crippen LogP contribution in [0.1, 0.15) is 23.3 Å². The highest BCUT2D eigenvalue weighted by molar-refractivity contribution is 6.43. The van der Waals surface area contributed by atoms with E-state index in [1.807, 2.05) is 0 Å². The van der Waals surface area contributed by atoms with Crippen molar-refractivity contribution in [1.82, 2.24) is 10.4 Å². The molecule has 1 aliphatic heterocycles. The zero-order valence-electron chi connectivity index (χ0n) is 9.71. The quantitative estimate of drug-likeness (QED) is 0.707. The first-order valence-electron chi connectivity index (χ1n) is 5.43. The molecule has 1 aromatic rings. The summed E-state index contributed by atoms with van der Waals surface area (Å²) in [6.07, 6.45) is 0.422. The van der Waals surface area contributed by atoms with Crippen molar-refractivity contribution in [3.63, 3.8) is 0 Å². The van der Waals surface area contributed by atoms with Gasteiger partial charge in [0.1, 0.15) is 11.5 Å². The number of hydrazone groups is 1. The third kappa shape index (κ3) is 3.12. The summed E-state index contributed by atoms with van der Waals surface area (Å²) in [5.41, 5.74) is 2.20. The molecule has 0 spiro atoms. The minimum atomic E-state index is -1.18. The van der Waals surface area contributed by atoms with Crippen LogP contribution in [0.25, 0.3) is 0 Å². The van der Waals surface area contributed by atoms with Gasteiger partial charge in [0, 0.05) is 12.8 Å². The predicted molar refractivity (Wildman–Crippen MR) is 64.6 cm³/mol. The summed E-state index contributed by atoms with van der Waals surface area (Å²) in [6, 6.07) is 4.25. The van der Waals surface area contributed by atoms with Crippen LogP contribution in [0.3, 0.4) is 0 Å². The van der Waals surface area contributed by atoms with Gasteiger partial charge in [0.05, 0.1) is 0 Å². The third-order valence-corrected chi connectivity index (χ3v) is 2.38. The lowest BCUT2D eigenvalue weighted by molar-refractivity contribution is -0.121. The lowest BCUT2D eigenvalue weighted by Crippen LogP contribution is -2.33. The fourth-order valence-corrected chi connectivity index (χ4v) is 1.45. The molecule has 8 nitrogen and oxygen atoms in total. The number of aromatic nitrogens is 1. The maximum atomic E-state index is 11.8. The molecule has 0 aliphatic carbocycles. The number of amides is 2. The van der Waals surface area contributed by atoms with E-state index in [1.165, 1.54) is 18.2 Å². The van der Waals surface area contributed by atoms with Gasteiger partial charge in [-0.05, 0) is 12.1 Å². The summed E-state index contributed by atoms with van der Waals surface area (Å²) in [6.45, 7) is 0. The molecule has 8 heteroatoms. The van der Waals surface area contributed by atoms with Gasteiger partial charge in [0.15, 0.2) is 5.69 Å². The van der Waals surface area contributed by atoms with Crippen molar-refractivity contribution in [2.75, 3.05) is 5.32 Å². The van der Waals surface area contributed by atoms with E-state index in [0.29, 0.717) is 0 Å². The largest absolute Gasteiger partial charge is 0.477 e. The molecule has 0 saturated carbocycles. The fourth-order valence-electron chi connectivity index (χ4n) is 1.45. The number of nitrogens with zero attached hydrogens (tertiary/aromatic N) is 2. The molecule has 0 radical (unpaired) electrons. The number of nitrogens with one attached hydrogen (secondary N) is 2. The van der Waals surface area contributed by atoms with Crippen molar-refractivity contribution in [3.05, 3.63) is 23.9 Å². The smallest absolute Gasteiger partial charge is 0.354 e. The highest BCUT2D eigenvalue weighted by Crippen LogP contribution is 2.07. The first-order chi connectivity index (χ1) is 9.06. The van der Waals surface area contributed by atoms with E-state index in [0.717, 1.165) is 0 Å². The Bertz CT molecular complexity index is 582. The van der Waals surface area contributed by atoms with Crippen molar-refractivity contribution in [1.29, 1.82) is 0 Å². The number of hydrogen-bond acceptors (Lipinski definition) is 5. The van der Waals surface area contributed by atoms with Crippen LogP contribution in [0.2, 0.25) is 0 Å². The molecule has 0 saturated heterocycles. The number of pyridine rings is 1. The Morgan fingerprint density at radius 2 is 2.11 bits per heavy atom. The second-order valence-electron chi connectivity index (χ2n) is 3.76. The Balaban J connectivity index is 2.09. The standard InChI is InChI=1S/C11H10N4O4/c16-9-5-4-6(14-15-9)10(17)13-8-3-1-2-7(12-8)11(18)19/h1-3H,4-5H2,(H,15,16)(H,18,19)(H,12,13,17). The van der Waals surface area contributed by atoms with Crippen molar-refractivity contribution in [2.45, 2.75) is 12.8 Å². The highest BCUT2D eigenvalue weighted by Gasteiger charge is 2.18. The first-order valence-corrected chi connectivity index (χ1v) is 5.43. The second kappa shape index (κ2) is 5.25. The molecule has 19 heavy (non-hydrogen) atoms. The van der Waals surface area contributed by atoms with Crippen LogP contribution >= 0.6 is 0 Å². The molecule has 3 N–H and O–H groups in total. The van der Waals surface area contributed by atoms with E-state index in [9.17, 15) is 14.4 Å². The van der Waals surface area contributed by atoms with Crippen molar-refractivity contribution in [3.8, 4) is 0 Å². The number of aromatic carboxylic acids is 1. The number of carbonyl (C=O) groups excluding carboxylic acids is 2. The predicted octanol–water partition coefficient (Wildman–Crippen LogP) is -0.0157. The summed E-state index contributed by atoms with van der Waals surface area (Å²) < 4.78 is 0. The van der Waals surface area contributed by atoms with Gasteiger partial charge in [-0.15, -0.1) is 0 Å². The van der Waals surface area contributed by atoms with E-state index in [-0.39, 0.29) is 36.0 Å². The zero-order valence-corrected chi connectivity index (χ0v) is 9.71. The zero-order chi connectivity index (χ0) is 13.8. The summed E-state index contributed by atoms with van der Waals surface area (Å²) in [4.78, 5) is 37.1. The van der Waals surface area contributed by atoms with Crippen LogP contribution in [0.5, 0.6) is 0 Å². The van der Waals surface area contributed by atoms with Gasteiger partial charge in [-0.3, -0.25) is 9.59 Å². The van der Waals surface area contributed by atoms with Crippen LogP contribution < -0.4 is 10.7 Å². The maximum absolute atomic E-state index is 11.8. The molecule has 1 aliphatic rings. The molecule has 0 unspecified atom stereocenters. The Morgan fingerprint density at radius 3 is 2.74 bits per heavy atom. The number of carboxylic acids is 1. The Hall–Kier alpha value is -2.77. The van der Waals surface area contributed by atoms with E-state index >= 15 is 0 Å². The number of carbonyl (C=O) groups is 3. The number of hydrogen-bond donors (Lipinski definition) is 3. The van der Waals surface area contributed by atoms with Gasteiger partial charge in [-0.25, -0.2) is 15.2 Å². The molecular formula is C11H10N4O4. The topological polar surface area (TPSA) is 121 Å². The Morgan fingerprint density at radius 1 is 1.32 bits per heavy atom. The van der Waals surface area contributed by atoms with Crippen molar-refractivity contribution < 1.29 is 19.5 Å². The molecule has 0 bridgehead atoms.